The second kappa shape index (κ2) is 9.17. The number of hydrogen-bond donors (Lipinski definition) is 1. The molecule has 5 heteroatoms. The molecule has 0 saturated carbocycles. The number of carbonyl (C=O) groups is 2. The predicted molar refractivity (Wildman–Crippen MR) is 124 cm³/mol. The highest BCUT2D eigenvalue weighted by molar-refractivity contribution is 7.17. The van der Waals surface area contributed by atoms with Crippen molar-refractivity contribution in [3.63, 3.8) is 0 Å². The van der Waals surface area contributed by atoms with Gasteiger partial charge in [0.1, 0.15) is 5.00 Å². The third kappa shape index (κ3) is 5.01. The highest BCUT2D eigenvalue weighted by atomic mass is 32.1. The summed E-state index contributed by atoms with van der Waals surface area (Å²) < 4.78 is 5.00. The second-order valence-electron chi connectivity index (χ2n) is 8.91. The van der Waals surface area contributed by atoms with Gasteiger partial charge in [-0.1, -0.05) is 58.4 Å². The molecule has 160 valence electrons. The van der Waals surface area contributed by atoms with Crippen LogP contribution in [0, 0.1) is 5.92 Å². The first-order valence-corrected chi connectivity index (χ1v) is 11.4. The summed E-state index contributed by atoms with van der Waals surface area (Å²) >= 11 is 1.51. The molecule has 0 radical (unpaired) electrons. The van der Waals surface area contributed by atoms with Gasteiger partial charge in [0.2, 0.25) is 5.91 Å². The Labute approximate surface area is 183 Å². The van der Waals surface area contributed by atoms with Crippen molar-refractivity contribution in [2.24, 2.45) is 5.92 Å². The quantitative estimate of drug-likeness (QED) is 0.472. The molecule has 4 nitrogen and oxygen atoms in total. The molecule has 1 aromatic carbocycles. The van der Waals surface area contributed by atoms with Crippen molar-refractivity contribution in [3.05, 3.63) is 57.5 Å². The molecule has 1 unspecified atom stereocenters. The van der Waals surface area contributed by atoms with Crippen LogP contribution >= 0.6 is 11.3 Å². The van der Waals surface area contributed by atoms with Gasteiger partial charge in [0, 0.05) is 11.0 Å². The number of amides is 1. The molecule has 1 aliphatic carbocycles. The van der Waals surface area contributed by atoms with Crippen molar-refractivity contribution in [1.82, 2.24) is 0 Å². The largest absolute Gasteiger partial charge is 0.465 e. The predicted octanol–water partition coefficient (Wildman–Crippen LogP) is 6.00. The van der Waals surface area contributed by atoms with E-state index in [1.165, 1.54) is 35.0 Å². The zero-order valence-corrected chi connectivity index (χ0v) is 19.3. The molecular formula is C25H31NO3S. The average Bonchev–Trinajstić information content (AvgIpc) is 3.08. The molecule has 0 spiro atoms. The lowest BCUT2D eigenvalue weighted by Gasteiger charge is -2.20. The Hall–Kier alpha value is -2.40. The van der Waals surface area contributed by atoms with E-state index >= 15 is 0 Å². The first-order valence-electron chi connectivity index (χ1n) is 10.5. The van der Waals surface area contributed by atoms with Gasteiger partial charge in [0.25, 0.3) is 0 Å². The van der Waals surface area contributed by atoms with Gasteiger partial charge in [0.05, 0.1) is 12.7 Å². The second-order valence-corrected chi connectivity index (χ2v) is 10.0. The topological polar surface area (TPSA) is 55.4 Å². The van der Waals surface area contributed by atoms with E-state index in [9.17, 15) is 9.59 Å². The molecule has 1 atom stereocenters. The van der Waals surface area contributed by atoms with Crippen molar-refractivity contribution in [1.29, 1.82) is 0 Å². The van der Waals surface area contributed by atoms with Crippen LogP contribution in [0.3, 0.4) is 0 Å². The van der Waals surface area contributed by atoms with Crippen LogP contribution in [0.25, 0.3) is 6.08 Å². The minimum Gasteiger partial charge on any atom is -0.465 e. The maximum absolute atomic E-state index is 12.6. The molecule has 1 aromatic heterocycles. The molecular weight excluding hydrogens is 394 g/mol. The Morgan fingerprint density at radius 1 is 1.23 bits per heavy atom. The van der Waals surface area contributed by atoms with E-state index in [1.54, 1.807) is 6.08 Å². The van der Waals surface area contributed by atoms with Crippen molar-refractivity contribution < 1.29 is 14.3 Å². The lowest BCUT2D eigenvalue weighted by molar-refractivity contribution is -0.111. The fourth-order valence-corrected chi connectivity index (χ4v) is 5.18. The summed E-state index contributed by atoms with van der Waals surface area (Å²) in [5.74, 6) is 0.0198. The number of esters is 1. The molecule has 1 N–H and O–H groups in total. The highest BCUT2D eigenvalue weighted by Gasteiger charge is 2.29. The number of methoxy groups -OCH3 is 1. The minimum atomic E-state index is -0.375. The number of anilines is 1. The molecule has 30 heavy (non-hydrogen) atoms. The van der Waals surface area contributed by atoms with Gasteiger partial charge in [-0.25, -0.2) is 4.79 Å². The number of benzene rings is 1. The number of rotatable bonds is 5. The zero-order chi connectivity index (χ0) is 21.9. The number of ether oxygens (including phenoxy) is 1. The average molecular weight is 426 g/mol. The number of carbonyl (C=O) groups excluding carboxylic acids is 2. The fraction of sp³-hybridized carbons (Fsp3) is 0.440. The Kier molecular flexibility index (Phi) is 6.81. The van der Waals surface area contributed by atoms with E-state index in [0.717, 1.165) is 36.8 Å². The van der Waals surface area contributed by atoms with Gasteiger partial charge in [-0.3, -0.25) is 4.79 Å². The van der Waals surface area contributed by atoms with Gasteiger partial charge < -0.3 is 10.1 Å². The molecule has 1 heterocycles. The summed E-state index contributed by atoms with van der Waals surface area (Å²) in [6.07, 6.45) is 7.33. The summed E-state index contributed by atoms with van der Waals surface area (Å²) in [6, 6.07) is 8.20. The number of hydrogen-bond acceptors (Lipinski definition) is 4. The molecule has 0 aliphatic heterocycles. The van der Waals surface area contributed by atoms with Gasteiger partial charge in [-0.15, -0.1) is 11.3 Å². The van der Waals surface area contributed by atoms with Crippen LogP contribution in [0.5, 0.6) is 0 Å². The van der Waals surface area contributed by atoms with E-state index in [-0.39, 0.29) is 17.3 Å². The van der Waals surface area contributed by atoms with Crippen molar-refractivity contribution >= 4 is 34.3 Å². The number of thiophene rings is 1. The van der Waals surface area contributed by atoms with E-state index in [4.69, 9.17) is 4.74 Å². The SMILES string of the molecule is CCC1CCc2c(sc(NC(=O)C=Cc3ccc(C(C)(C)C)cc3)c2C(=O)OC)C1. The summed E-state index contributed by atoms with van der Waals surface area (Å²) in [5, 5.41) is 3.51. The lowest BCUT2D eigenvalue weighted by Crippen LogP contribution is -2.15. The van der Waals surface area contributed by atoms with Crippen LogP contribution in [-0.4, -0.2) is 19.0 Å². The van der Waals surface area contributed by atoms with Gasteiger partial charge in [-0.05, 0) is 53.4 Å². The van der Waals surface area contributed by atoms with Crippen molar-refractivity contribution in [2.45, 2.75) is 58.8 Å². The lowest BCUT2D eigenvalue weighted by atomic mass is 9.86. The first-order chi connectivity index (χ1) is 14.2. The first kappa shape index (κ1) is 22.3. The van der Waals surface area contributed by atoms with Crippen LogP contribution in [0.2, 0.25) is 0 Å². The summed E-state index contributed by atoms with van der Waals surface area (Å²) in [7, 11) is 1.39. The van der Waals surface area contributed by atoms with Crippen LogP contribution in [0.1, 0.15) is 72.5 Å². The molecule has 0 saturated heterocycles. The van der Waals surface area contributed by atoms with Crippen LogP contribution in [0.4, 0.5) is 5.00 Å². The van der Waals surface area contributed by atoms with Crippen LogP contribution in [0.15, 0.2) is 30.3 Å². The normalized spacial score (nSPS) is 16.4. The molecule has 3 rings (SSSR count). The van der Waals surface area contributed by atoms with E-state index in [0.29, 0.717) is 16.5 Å². The summed E-state index contributed by atoms with van der Waals surface area (Å²) in [4.78, 5) is 26.2. The Bertz CT molecular complexity index is 948. The van der Waals surface area contributed by atoms with E-state index in [2.05, 4.69) is 45.1 Å². The Morgan fingerprint density at radius 2 is 1.93 bits per heavy atom. The number of nitrogens with one attached hydrogen (secondary N) is 1. The highest BCUT2D eigenvalue weighted by Crippen LogP contribution is 2.40. The van der Waals surface area contributed by atoms with E-state index < -0.39 is 0 Å². The molecule has 2 aromatic rings. The molecule has 0 bridgehead atoms. The van der Waals surface area contributed by atoms with Crippen LogP contribution in [-0.2, 0) is 27.8 Å². The monoisotopic (exact) mass is 425 g/mol. The van der Waals surface area contributed by atoms with Gasteiger partial charge in [-0.2, -0.15) is 0 Å². The standard InChI is InChI=1S/C25H31NO3S/c1-6-16-9-13-19-20(15-16)30-23(22(19)24(28)29-5)26-21(27)14-10-17-7-11-18(12-8-17)25(2,3)4/h7-8,10-12,14,16H,6,9,13,15H2,1-5H3,(H,26,27). The fourth-order valence-electron chi connectivity index (χ4n) is 3.83. The molecule has 0 fully saturated rings. The minimum absolute atomic E-state index is 0.0962. The van der Waals surface area contributed by atoms with Gasteiger partial charge >= 0.3 is 5.97 Å². The van der Waals surface area contributed by atoms with E-state index in [1.807, 2.05) is 12.1 Å². The zero-order valence-electron chi connectivity index (χ0n) is 18.5. The van der Waals surface area contributed by atoms with Crippen molar-refractivity contribution in [2.75, 3.05) is 12.4 Å². The van der Waals surface area contributed by atoms with Crippen molar-refractivity contribution in [3.8, 4) is 0 Å². The maximum atomic E-state index is 12.6. The summed E-state index contributed by atoms with van der Waals surface area (Å²) in [6.45, 7) is 8.72. The maximum Gasteiger partial charge on any atom is 0.341 e. The summed E-state index contributed by atoms with van der Waals surface area (Å²) in [5.41, 5.74) is 3.89. The van der Waals surface area contributed by atoms with Crippen LogP contribution < -0.4 is 5.32 Å². The third-order valence-electron chi connectivity index (χ3n) is 5.77. The van der Waals surface area contributed by atoms with Gasteiger partial charge in [0.15, 0.2) is 0 Å². The molecule has 1 amide bonds. The number of fused-ring (bicyclic) bond motifs is 1. The third-order valence-corrected chi connectivity index (χ3v) is 6.94. The Balaban J connectivity index is 1.77. The Morgan fingerprint density at radius 3 is 2.53 bits per heavy atom. The smallest absolute Gasteiger partial charge is 0.341 e. The molecule has 1 aliphatic rings.